The van der Waals surface area contributed by atoms with Crippen LogP contribution in [0.15, 0.2) is 16.5 Å². The van der Waals surface area contributed by atoms with Gasteiger partial charge in [-0.3, -0.25) is 0 Å². The molecule has 0 aliphatic rings. The van der Waals surface area contributed by atoms with E-state index in [1.807, 2.05) is 33.0 Å². The normalized spacial score (nSPS) is 15.4. The van der Waals surface area contributed by atoms with Crippen LogP contribution in [0.25, 0.3) is 0 Å². The summed E-state index contributed by atoms with van der Waals surface area (Å²) in [5.41, 5.74) is 5.72. The third-order valence-corrected chi connectivity index (χ3v) is 2.36. The molecule has 1 aromatic rings. The first-order valence-electron chi connectivity index (χ1n) is 5.12. The van der Waals surface area contributed by atoms with E-state index in [1.165, 1.54) is 0 Å². The summed E-state index contributed by atoms with van der Waals surface area (Å²) in [4.78, 5) is 0. The highest BCUT2D eigenvalue weighted by Gasteiger charge is 2.13. The standard InChI is InChI=1S/C11H20N2O/c1-8(12)4-6-10(13-3)11-7-5-9(2)14-11/h5,7-8,10,13H,4,6,12H2,1-3H3. The van der Waals surface area contributed by atoms with E-state index in [4.69, 9.17) is 10.2 Å². The van der Waals surface area contributed by atoms with Crippen molar-refractivity contribution in [2.24, 2.45) is 5.73 Å². The van der Waals surface area contributed by atoms with Gasteiger partial charge in [-0.1, -0.05) is 0 Å². The molecule has 0 aliphatic carbocycles. The minimum atomic E-state index is 0.252. The third kappa shape index (κ3) is 3.16. The maximum atomic E-state index is 5.72. The quantitative estimate of drug-likeness (QED) is 0.757. The lowest BCUT2D eigenvalue weighted by Crippen LogP contribution is -2.21. The van der Waals surface area contributed by atoms with E-state index in [-0.39, 0.29) is 12.1 Å². The van der Waals surface area contributed by atoms with Crippen molar-refractivity contribution in [2.45, 2.75) is 38.8 Å². The molecule has 3 nitrogen and oxygen atoms in total. The van der Waals surface area contributed by atoms with Crippen LogP contribution in [-0.2, 0) is 0 Å². The summed E-state index contributed by atoms with van der Waals surface area (Å²) in [7, 11) is 1.95. The zero-order valence-electron chi connectivity index (χ0n) is 9.21. The Bertz CT molecular complexity index is 268. The van der Waals surface area contributed by atoms with Gasteiger partial charge in [0.2, 0.25) is 0 Å². The van der Waals surface area contributed by atoms with Gasteiger partial charge in [-0.05, 0) is 45.9 Å². The average molecular weight is 196 g/mol. The number of rotatable bonds is 5. The fourth-order valence-corrected chi connectivity index (χ4v) is 1.50. The fraction of sp³-hybridized carbons (Fsp3) is 0.636. The smallest absolute Gasteiger partial charge is 0.121 e. The largest absolute Gasteiger partial charge is 0.465 e. The molecule has 1 heterocycles. The van der Waals surface area contributed by atoms with Gasteiger partial charge in [0.1, 0.15) is 11.5 Å². The van der Waals surface area contributed by atoms with Gasteiger partial charge < -0.3 is 15.5 Å². The van der Waals surface area contributed by atoms with Crippen molar-refractivity contribution in [2.75, 3.05) is 7.05 Å². The molecule has 3 N–H and O–H groups in total. The van der Waals surface area contributed by atoms with Crippen molar-refractivity contribution in [3.05, 3.63) is 23.7 Å². The topological polar surface area (TPSA) is 51.2 Å². The Morgan fingerprint density at radius 3 is 2.57 bits per heavy atom. The highest BCUT2D eigenvalue weighted by Crippen LogP contribution is 2.20. The molecular formula is C11H20N2O. The van der Waals surface area contributed by atoms with Crippen molar-refractivity contribution >= 4 is 0 Å². The molecule has 0 fully saturated rings. The summed E-state index contributed by atoms with van der Waals surface area (Å²) in [6.45, 7) is 3.99. The van der Waals surface area contributed by atoms with Crippen LogP contribution in [0.4, 0.5) is 0 Å². The van der Waals surface area contributed by atoms with Crippen LogP contribution in [0.1, 0.15) is 37.3 Å². The summed E-state index contributed by atoms with van der Waals surface area (Å²) >= 11 is 0. The second kappa shape index (κ2) is 5.17. The molecule has 1 rings (SSSR count). The zero-order chi connectivity index (χ0) is 10.6. The lowest BCUT2D eigenvalue weighted by atomic mass is 10.1. The van der Waals surface area contributed by atoms with Crippen LogP contribution >= 0.6 is 0 Å². The molecule has 2 unspecified atom stereocenters. The first kappa shape index (κ1) is 11.3. The molecule has 3 heteroatoms. The lowest BCUT2D eigenvalue weighted by Gasteiger charge is -2.14. The Labute approximate surface area is 85.7 Å². The van der Waals surface area contributed by atoms with Gasteiger partial charge in [-0.2, -0.15) is 0 Å². The van der Waals surface area contributed by atoms with E-state index >= 15 is 0 Å². The summed E-state index contributed by atoms with van der Waals surface area (Å²) in [5, 5.41) is 3.24. The van der Waals surface area contributed by atoms with Crippen LogP contribution < -0.4 is 11.1 Å². The Kier molecular flexibility index (Phi) is 4.17. The highest BCUT2D eigenvalue weighted by molar-refractivity contribution is 5.09. The van der Waals surface area contributed by atoms with Gasteiger partial charge in [0.15, 0.2) is 0 Å². The van der Waals surface area contributed by atoms with E-state index in [2.05, 4.69) is 5.32 Å². The Balaban J connectivity index is 2.54. The molecule has 0 aliphatic heterocycles. The molecule has 0 aromatic carbocycles. The summed E-state index contributed by atoms with van der Waals surface area (Å²) < 4.78 is 5.57. The number of aryl methyl sites for hydroxylation is 1. The van der Waals surface area contributed by atoms with Gasteiger partial charge in [-0.15, -0.1) is 0 Å². The van der Waals surface area contributed by atoms with Crippen molar-refractivity contribution in [1.82, 2.24) is 5.32 Å². The van der Waals surface area contributed by atoms with Crippen LogP contribution in [-0.4, -0.2) is 13.1 Å². The monoisotopic (exact) mass is 196 g/mol. The molecule has 1 aromatic heterocycles. The average Bonchev–Trinajstić information content (AvgIpc) is 2.53. The lowest BCUT2D eigenvalue weighted by molar-refractivity contribution is 0.389. The van der Waals surface area contributed by atoms with E-state index < -0.39 is 0 Å². The minimum Gasteiger partial charge on any atom is -0.465 e. The third-order valence-electron chi connectivity index (χ3n) is 2.36. The Morgan fingerprint density at radius 1 is 1.43 bits per heavy atom. The molecule has 0 saturated heterocycles. The maximum absolute atomic E-state index is 5.72. The van der Waals surface area contributed by atoms with E-state index in [1.54, 1.807) is 0 Å². The van der Waals surface area contributed by atoms with E-state index in [9.17, 15) is 0 Å². The van der Waals surface area contributed by atoms with Crippen LogP contribution in [0, 0.1) is 6.92 Å². The fourth-order valence-electron chi connectivity index (χ4n) is 1.50. The number of nitrogens with one attached hydrogen (secondary N) is 1. The molecule has 0 bridgehead atoms. The molecule has 0 spiro atoms. The first-order valence-corrected chi connectivity index (χ1v) is 5.12. The second-order valence-corrected chi connectivity index (χ2v) is 3.84. The number of hydrogen-bond donors (Lipinski definition) is 2. The predicted molar refractivity (Wildman–Crippen MR) is 58.1 cm³/mol. The predicted octanol–water partition coefficient (Wildman–Crippen LogP) is 1.98. The van der Waals surface area contributed by atoms with Crippen LogP contribution in [0.3, 0.4) is 0 Å². The van der Waals surface area contributed by atoms with Crippen molar-refractivity contribution < 1.29 is 4.42 Å². The highest BCUT2D eigenvalue weighted by atomic mass is 16.3. The molecule has 80 valence electrons. The van der Waals surface area contributed by atoms with Crippen LogP contribution in [0.2, 0.25) is 0 Å². The number of hydrogen-bond acceptors (Lipinski definition) is 3. The SMILES string of the molecule is CNC(CCC(C)N)c1ccc(C)o1. The molecule has 0 saturated carbocycles. The van der Waals surface area contributed by atoms with E-state index in [0.717, 1.165) is 24.4 Å². The van der Waals surface area contributed by atoms with Crippen LogP contribution in [0.5, 0.6) is 0 Å². The summed E-state index contributed by atoms with van der Waals surface area (Å²) in [6, 6.07) is 4.56. The minimum absolute atomic E-state index is 0.252. The van der Waals surface area contributed by atoms with Crippen molar-refractivity contribution in [3.63, 3.8) is 0 Å². The maximum Gasteiger partial charge on any atom is 0.121 e. The van der Waals surface area contributed by atoms with Gasteiger partial charge in [0.05, 0.1) is 6.04 Å². The van der Waals surface area contributed by atoms with Gasteiger partial charge in [0, 0.05) is 6.04 Å². The Hall–Kier alpha value is -0.800. The van der Waals surface area contributed by atoms with Crippen molar-refractivity contribution in [3.8, 4) is 0 Å². The van der Waals surface area contributed by atoms with E-state index in [0.29, 0.717) is 0 Å². The van der Waals surface area contributed by atoms with Crippen molar-refractivity contribution in [1.29, 1.82) is 0 Å². The van der Waals surface area contributed by atoms with Gasteiger partial charge in [0.25, 0.3) is 0 Å². The number of furan rings is 1. The first-order chi connectivity index (χ1) is 6.63. The van der Waals surface area contributed by atoms with Gasteiger partial charge in [-0.25, -0.2) is 0 Å². The molecular weight excluding hydrogens is 176 g/mol. The Morgan fingerprint density at radius 2 is 2.14 bits per heavy atom. The zero-order valence-corrected chi connectivity index (χ0v) is 9.21. The second-order valence-electron chi connectivity index (χ2n) is 3.84. The molecule has 2 atom stereocenters. The summed E-state index contributed by atoms with van der Waals surface area (Å²) in [6.07, 6.45) is 2.02. The molecule has 0 radical (unpaired) electrons. The molecule has 14 heavy (non-hydrogen) atoms. The molecule has 0 amide bonds. The number of nitrogens with two attached hydrogens (primary N) is 1. The summed E-state index contributed by atoms with van der Waals surface area (Å²) in [5.74, 6) is 1.96. The van der Waals surface area contributed by atoms with Gasteiger partial charge >= 0.3 is 0 Å².